The minimum Gasteiger partial charge on any atom is -0.455 e. The van der Waals surface area contributed by atoms with E-state index in [4.69, 9.17) is 21.1 Å². The molecule has 4 aliphatic heterocycles. The lowest BCUT2D eigenvalue weighted by molar-refractivity contribution is -0.161. The van der Waals surface area contributed by atoms with E-state index >= 15 is 4.79 Å². The molecule has 8 atom stereocenters. The number of amides is 3. The molecule has 0 radical (unpaired) electrons. The first-order valence-corrected chi connectivity index (χ1v) is 18.1. The largest absolute Gasteiger partial charge is 0.455 e. The Morgan fingerprint density at radius 1 is 0.941 bits per heavy atom. The highest BCUT2D eigenvalue weighted by Gasteiger charge is 2.75. The molecule has 264 valence electrons. The van der Waals surface area contributed by atoms with E-state index < -0.39 is 72.2 Å². The van der Waals surface area contributed by atoms with Gasteiger partial charge in [-0.2, -0.15) is 0 Å². The number of cyclic esters (lactones) is 1. The van der Waals surface area contributed by atoms with Crippen LogP contribution in [0.1, 0.15) is 43.0 Å². The quantitative estimate of drug-likeness (QED) is 0.262. The summed E-state index contributed by atoms with van der Waals surface area (Å²) in [6, 6.07) is 22.1. The number of esters is 1. The maximum absolute atomic E-state index is 15.3. The zero-order valence-electron chi connectivity index (χ0n) is 27.7. The van der Waals surface area contributed by atoms with Gasteiger partial charge < -0.3 is 29.7 Å². The number of carbonyl (C=O) groups is 4. The van der Waals surface area contributed by atoms with Gasteiger partial charge in [0.05, 0.1) is 35.3 Å². The molecule has 1 spiro atoms. The fourth-order valence-electron chi connectivity index (χ4n) is 7.92. The normalized spacial score (nSPS) is 30.8. The van der Waals surface area contributed by atoms with Gasteiger partial charge in [-0.15, -0.1) is 0 Å². The summed E-state index contributed by atoms with van der Waals surface area (Å²) >= 11 is 10.3. The Kier molecular flexibility index (Phi) is 9.91. The van der Waals surface area contributed by atoms with Crippen LogP contribution < -0.4 is 10.2 Å². The number of hydrogen-bond acceptors (Lipinski definition) is 7. The summed E-state index contributed by atoms with van der Waals surface area (Å²) < 4.78 is 13.5. The standard InChI is InChI=1S/C39H37BrClN3O7/c1-23-33(25-15-7-3-8-16-25)50-38(49)31-32-36(47)44(29(22-45)24-13-5-2-6-14-24)35(39(32)21-26(40)34(31)51-39)37(48)43(28-18-11-10-17-27(28)41)20-12-4-9-19-30(46)42-23/h2-8,10-18,21,23,29,31-35,45H,9,19-20,22H2,1H3,(H,42,46)/b12-4-/t23-,29+,31+,32-,33+,34+,35+,39-/m0/s1. The first kappa shape index (κ1) is 35.1. The van der Waals surface area contributed by atoms with Gasteiger partial charge in [-0.3, -0.25) is 19.2 Å². The predicted molar refractivity (Wildman–Crippen MR) is 194 cm³/mol. The summed E-state index contributed by atoms with van der Waals surface area (Å²) in [6.07, 6.45) is 4.06. The third-order valence-corrected chi connectivity index (χ3v) is 11.2. The molecule has 0 unspecified atom stereocenters. The molecule has 0 aliphatic carbocycles. The number of likely N-dealkylation sites (tertiary alicyclic amines) is 1. The van der Waals surface area contributed by atoms with E-state index in [1.165, 1.54) is 9.80 Å². The van der Waals surface area contributed by atoms with Crippen molar-refractivity contribution in [3.8, 4) is 0 Å². The molecule has 10 nitrogen and oxygen atoms in total. The van der Waals surface area contributed by atoms with Crippen LogP contribution in [0.15, 0.2) is 108 Å². The van der Waals surface area contributed by atoms with Crippen LogP contribution in [0.3, 0.4) is 0 Å². The van der Waals surface area contributed by atoms with Gasteiger partial charge in [-0.05, 0) is 42.7 Å². The van der Waals surface area contributed by atoms with Gasteiger partial charge in [-0.1, -0.05) is 112 Å². The number of aliphatic hydroxyl groups excluding tert-OH is 1. The summed E-state index contributed by atoms with van der Waals surface area (Å²) in [5.41, 5.74) is 0.0856. The number of hydrogen-bond donors (Lipinski definition) is 2. The summed E-state index contributed by atoms with van der Waals surface area (Å²) in [5, 5.41) is 14.2. The highest BCUT2D eigenvalue weighted by atomic mass is 79.9. The van der Waals surface area contributed by atoms with E-state index in [1.54, 1.807) is 67.6 Å². The number of para-hydroxylation sites is 1. The SMILES string of the molecule is C[C@@H]1NC(=O)CC/C=C\CN(c2ccccc2Cl)C(=O)[C@H]2N([C@H](CO)c3ccccc3)C(=O)[C@@H]3[C@@H](C(=O)O[C@H]1c1ccccc1)[C@@H]1O[C@@]32C=C1Br. The van der Waals surface area contributed by atoms with Crippen molar-refractivity contribution in [2.45, 2.75) is 55.7 Å². The Morgan fingerprint density at radius 3 is 2.33 bits per heavy atom. The van der Waals surface area contributed by atoms with E-state index in [-0.39, 0.29) is 18.9 Å². The molecule has 3 amide bonds. The summed E-state index contributed by atoms with van der Waals surface area (Å²) in [5.74, 6) is -4.29. The van der Waals surface area contributed by atoms with E-state index in [2.05, 4.69) is 21.2 Å². The maximum Gasteiger partial charge on any atom is 0.313 e. The van der Waals surface area contributed by atoms with Crippen LogP contribution >= 0.6 is 27.5 Å². The Morgan fingerprint density at radius 2 is 1.63 bits per heavy atom. The lowest BCUT2D eigenvalue weighted by Crippen LogP contribution is -2.57. The first-order chi connectivity index (χ1) is 24.7. The van der Waals surface area contributed by atoms with Crippen molar-refractivity contribution < 1.29 is 33.8 Å². The molecule has 2 saturated heterocycles. The minimum absolute atomic E-state index is 0.0604. The zero-order chi connectivity index (χ0) is 35.9. The number of ether oxygens (including phenoxy) is 2. The average molecular weight is 775 g/mol. The molecular formula is C39H37BrClN3O7. The van der Waals surface area contributed by atoms with Crippen molar-refractivity contribution in [2.24, 2.45) is 11.8 Å². The monoisotopic (exact) mass is 773 g/mol. The number of benzene rings is 3. The molecule has 12 heteroatoms. The van der Waals surface area contributed by atoms with Crippen LogP contribution in [-0.4, -0.2) is 70.6 Å². The number of halogens is 2. The number of nitrogens with one attached hydrogen (secondary N) is 1. The fourth-order valence-corrected chi connectivity index (χ4v) is 8.89. The van der Waals surface area contributed by atoms with Gasteiger partial charge in [0.15, 0.2) is 0 Å². The minimum atomic E-state index is -1.59. The number of fused-ring (bicyclic) bond motifs is 2. The number of nitrogens with zero attached hydrogens (tertiary/aromatic N) is 2. The van der Waals surface area contributed by atoms with Crippen molar-refractivity contribution >= 4 is 56.9 Å². The number of rotatable bonds is 5. The van der Waals surface area contributed by atoms with Crippen LogP contribution in [0, 0.1) is 11.8 Å². The zero-order valence-corrected chi connectivity index (χ0v) is 30.1. The Hall–Kier alpha value is -4.29. The highest BCUT2D eigenvalue weighted by molar-refractivity contribution is 9.11. The second-order valence-corrected chi connectivity index (χ2v) is 14.5. The number of allylic oxidation sites excluding steroid dienone is 1. The van der Waals surface area contributed by atoms with Crippen LogP contribution in [0.2, 0.25) is 5.02 Å². The van der Waals surface area contributed by atoms with E-state index in [9.17, 15) is 19.5 Å². The molecule has 5 bridgehead atoms. The molecule has 4 heterocycles. The first-order valence-electron chi connectivity index (χ1n) is 17.0. The maximum atomic E-state index is 15.3. The number of carbonyl (C=O) groups excluding carboxylic acids is 4. The lowest BCUT2D eigenvalue weighted by atomic mass is 9.74. The second-order valence-electron chi connectivity index (χ2n) is 13.2. The van der Waals surface area contributed by atoms with Crippen molar-refractivity contribution in [1.29, 1.82) is 0 Å². The number of aliphatic hydroxyl groups is 1. The topological polar surface area (TPSA) is 125 Å². The molecule has 2 fully saturated rings. The molecule has 0 aromatic heterocycles. The van der Waals surface area contributed by atoms with E-state index in [1.807, 2.05) is 42.5 Å². The van der Waals surface area contributed by atoms with Gasteiger partial charge >= 0.3 is 5.97 Å². The summed E-state index contributed by atoms with van der Waals surface area (Å²) in [4.78, 5) is 60.7. The number of anilines is 1. The Labute approximate surface area is 309 Å². The molecule has 51 heavy (non-hydrogen) atoms. The Balaban J connectivity index is 1.40. The fraction of sp³-hybridized carbons (Fsp3) is 0.333. The third-order valence-electron chi connectivity index (χ3n) is 10.2. The van der Waals surface area contributed by atoms with Crippen LogP contribution in [0.25, 0.3) is 0 Å². The van der Waals surface area contributed by atoms with Gasteiger partial charge in [0.2, 0.25) is 11.8 Å². The predicted octanol–water partition coefficient (Wildman–Crippen LogP) is 5.42. The second kappa shape index (κ2) is 14.4. The smallest absolute Gasteiger partial charge is 0.313 e. The lowest BCUT2D eigenvalue weighted by Gasteiger charge is -2.39. The van der Waals surface area contributed by atoms with Crippen molar-refractivity contribution in [3.63, 3.8) is 0 Å². The van der Waals surface area contributed by atoms with Crippen LogP contribution in [0.5, 0.6) is 0 Å². The van der Waals surface area contributed by atoms with E-state index in [0.717, 1.165) is 0 Å². The summed E-state index contributed by atoms with van der Waals surface area (Å²) in [7, 11) is 0. The molecule has 0 saturated carbocycles. The average Bonchev–Trinajstić information content (AvgIpc) is 3.73. The van der Waals surface area contributed by atoms with Gasteiger partial charge in [0.1, 0.15) is 29.8 Å². The van der Waals surface area contributed by atoms with Gasteiger partial charge in [0.25, 0.3) is 5.91 Å². The van der Waals surface area contributed by atoms with E-state index in [0.29, 0.717) is 32.7 Å². The van der Waals surface area contributed by atoms with Crippen molar-refractivity contribution in [1.82, 2.24) is 10.2 Å². The van der Waals surface area contributed by atoms with Crippen LogP contribution in [0.4, 0.5) is 5.69 Å². The molecule has 3 aromatic carbocycles. The molecule has 7 rings (SSSR count). The van der Waals surface area contributed by atoms with Crippen LogP contribution in [-0.2, 0) is 28.7 Å². The Bertz CT molecular complexity index is 1890. The summed E-state index contributed by atoms with van der Waals surface area (Å²) in [6.45, 7) is 1.34. The van der Waals surface area contributed by atoms with Crippen molar-refractivity contribution in [3.05, 3.63) is 124 Å². The molecular weight excluding hydrogens is 738 g/mol. The molecule has 3 aromatic rings. The van der Waals surface area contributed by atoms with Gasteiger partial charge in [0, 0.05) is 17.4 Å². The third kappa shape index (κ3) is 6.20. The highest BCUT2D eigenvalue weighted by Crippen LogP contribution is 2.60. The molecule has 4 aliphatic rings. The molecule has 2 N–H and O–H groups in total. The van der Waals surface area contributed by atoms with Crippen molar-refractivity contribution in [2.75, 3.05) is 18.1 Å². The van der Waals surface area contributed by atoms with Gasteiger partial charge in [-0.25, -0.2) is 0 Å².